The van der Waals surface area contributed by atoms with Crippen molar-refractivity contribution in [1.82, 2.24) is 14.7 Å². The van der Waals surface area contributed by atoms with Crippen molar-refractivity contribution >= 4 is 22.5 Å². The highest BCUT2D eigenvalue weighted by Crippen LogP contribution is 2.23. The number of para-hydroxylation sites is 1. The van der Waals surface area contributed by atoms with Crippen LogP contribution in [0, 0.1) is 0 Å². The average molecular weight is 400 g/mol. The van der Waals surface area contributed by atoms with Crippen LogP contribution in [0.1, 0.15) is 10.4 Å². The standard InChI is InChI=1S/C24H24N4O2/c1-27(2)13-14-28-17-19-11-12-20(16-23(19)26-28)25-24(29)18-7-6-10-22(15-18)30-21-8-4-3-5-9-21/h3-12,15-17H,13-14H2,1-2H3,(H,25,29). The van der Waals surface area contributed by atoms with E-state index in [-0.39, 0.29) is 5.91 Å². The number of amides is 1. The van der Waals surface area contributed by atoms with Crippen LogP contribution in [0.15, 0.2) is 79.0 Å². The number of hydrogen-bond donors (Lipinski definition) is 1. The predicted molar refractivity (Wildman–Crippen MR) is 119 cm³/mol. The van der Waals surface area contributed by atoms with Crippen molar-refractivity contribution in [3.8, 4) is 11.5 Å². The number of anilines is 1. The van der Waals surface area contributed by atoms with Crippen LogP contribution < -0.4 is 10.1 Å². The largest absolute Gasteiger partial charge is 0.457 e. The van der Waals surface area contributed by atoms with Crippen LogP contribution in [0.4, 0.5) is 5.69 Å². The lowest BCUT2D eigenvalue weighted by Gasteiger charge is -2.08. The molecule has 0 atom stereocenters. The Balaban J connectivity index is 1.46. The molecule has 1 amide bonds. The molecule has 6 nitrogen and oxygen atoms in total. The molecule has 0 saturated heterocycles. The molecule has 0 saturated carbocycles. The van der Waals surface area contributed by atoms with Crippen molar-refractivity contribution in [1.29, 1.82) is 0 Å². The molecular weight excluding hydrogens is 376 g/mol. The first-order chi connectivity index (χ1) is 14.6. The fourth-order valence-corrected chi connectivity index (χ4v) is 3.09. The Morgan fingerprint density at radius 2 is 1.80 bits per heavy atom. The Morgan fingerprint density at radius 1 is 1.00 bits per heavy atom. The van der Waals surface area contributed by atoms with Gasteiger partial charge >= 0.3 is 0 Å². The number of hydrogen-bond acceptors (Lipinski definition) is 4. The number of rotatable bonds is 7. The second-order valence-electron chi connectivity index (χ2n) is 7.37. The lowest BCUT2D eigenvalue weighted by atomic mass is 10.2. The van der Waals surface area contributed by atoms with Gasteiger partial charge in [0, 0.05) is 29.4 Å². The van der Waals surface area contributed by atoms with Gasteiger partial charge in [0.25, 0.3) is 5.91 Å². The summed E-state index contributed by atoms with van der Waals surface area (Å²) in [5.41, 5.74) is 2.09. The van der Waals surface area contributed by atoms with Crippen LogP contribution in [-0.2, 0) is 6.54 Å². The van der Waals surface area contributed by atoms with E-state index >= 15 is 0 Å². The van der Waals surface area contributed by atoms with Gasteiger partial charge in [-0.15, -0.1) is 0 Å². The number of carbonyl (C=O) groups is 1. The summed E-state index contributed by atoms with van der Waals surface area (Å²) >= 11 is 0. The Kier molecular flexibility index (Phi) is 5.77. The molecule has 0 aliphatic carbocycles. The minimum Gasteiger partial charge on any atom is -0.457 e. The van der Waals surface area contributed by atoms with Crippen molar-refractivity contribution in [3.05, 3.63) is 84.6 Å². The molecule has 30 heavy (non-hydrogen) atoms. The fraction of sp³-hybridized carbons (Fsp3) is 0.167. The third-order valence-electron chi connectivity index (χ3n) is 4.66. The number of likely N-dealkylation sites (N-methyl/N-ethyl adjacent to an activating group) is 1. The van der Waals surface area contributed by atoms with Crippen molar-refractivity contribution < 1.29 is 9.53 Å². The molecular formula is C24H24N4O2. The molecule has 0 unspecified atom stereocenters. The van der Waals surface area contributed by atoms with Gasteiger partial charge in [0.2, 0.25) is 0 Å². The first-order valence-corrected chi connectivity index (χ1v) is 9.83. The molecule has 1 heterocycles. The van der Waals surface area contributed by atoms with Gasteiger partial charge in [-0.25, -0.2) is 0 Å². The van der Waals surface area contributed by atoms with Gasteiger partial charge in [-0.2, -0.15) is 5.10 Å². The number of fused-ring (bicyclic) bond motifs is 1. The second-order valence-corrected chi connectivity index (χ2v) is 7.37. The van der Waals surface area contributed by atoms with E-state index in [4.69, 9.17) is 4.74 Å². The van der Waals surface area contributed by atoms with Gasteiger partial charge < -0.3 is 15.0 Å². The predicted octanol–water partition coefficient (Wildman–Crippen LogP) is 4.64. The van der Waals surface area contributed by atoms with Crippen LogP contribution in [0.25, 0.3) is 10.9 Å². The van der Waals surface area contributed by atoms with Gasteiger partial charge in [0.15, 0.2) is 0 Å². The van der Waals surface area contributed by atoms with Crippen LogP contribution in [-0.4, -0.2) is 41.2 Å². The van der Waals surface area contributed by atoms with Crippen LogP contribution in [0.2, 0.25) is 0 Å². The average Bonchev–Trinajstić information content (AvgIpc) is 3.15. The number of aromatic nitrogens is 2. The number of nitrogens with one attached hydrogen (secondary N) is 1. The molecule has 152 valence electrons. The molecule has 6 heteroatoms. The van der Waals surface area contributed by atoms with Gasteiger partial charge in [-0.05, 0) is 62.6 Å². The highest BCUT2D eigenvalue weighted by molar-refractivity contribution is 6.05. The molecule has 0 radical (unpaired) electrons. The Hall–Kier alpha value is -3.64. The SMILES string of the molecule is CN(C)CCn1cc2ccc(NC(=O)c3cccc(Oc4ccccc4)c3)cc2n1. The minimum absolute atomic E-state index is 0.195. The van der Waals surface area contributed by atoms with E-state index in [9.17, 15) is 4.79 Å². The first kappa shape index (κ1) is 19.7. The van der Waals surface area contributed by atoms with E-state index in [1.54, 1.807) is 12.1 Å². The number of ether oxygens (including phenoxy) is 1. The highest BCUT2D eigenvalue weighted by atomic mass is 16.5. The first-order valence-electron chi connectivity index (χ1n) is 9.83. The zero-order chi connectivity index (χ0) is 20.9. The summed E-state index contributed by atoms with van der Waals surface area (Å²) in [4.78, 5) is 14.9. The zero-order valence-corrected chi connectivity index (χ0v) is 17.1. The Bertz CT molecular complexity index is 1150. The van der Waals surface area contributed by atoms with E-state index in [1.807, 2.05) is 85.6 Å². The van der Waals surface area contributed by atoms with E-state index in [1.165, 1.54) is 0 Å². The van der Waals surface area contributed by atoms with E-state index in [0.29, 0.717) is 17.0 Å². The lowest BCUT2D eigenvalue weighted by molar-refractivity contribution is 0.102. The molecule has 1 N–H and O–H groups in total. The molecule has 3 aromatic carbocycles. The summed E-state index contributed by atoms with van der Waals surface area (Å²) < 4.78 is 7.75. The van der Waals surface area contributed by atoms with E-state index < -0.39 is 0 Å². The normalized spacial score (nSPS) is 11.0. The summed E-state index contributed by atoms with van der Waals surface area (Å²) in [6.07, 6.45) is 2.02. The molecule has 1 aromatic heterocycles. The number of carbonyl (C=O) groups excluding carboxylic acids is 1. The van der Waals surface area contributed by atoms with E-state index in [2.05, 4.69) is 15.3 Å². The molecule has 0 aliphatic rings. The number of nitrogens with zero attached hydrogens (tertiary/aromatic N) is 3. The number of benzene rings is 3. The van der Waals surface area contributed by atoms with E-state index in [0.717, 1.165) is 29.7 Å². The lowest BCUT2D eigenvalue weighted by Crippen LogP contribution is -2.18. The second kappa shape index (κ2) is 8.80. The molecule has 4 aromatic rings. The maximum absolute atomic E-state index is 12.7. The summed E-state index contributed by atoms with van der Waals surface area (Å²) in [6.45, 7) is 1.73. The quantitative estimate of drug-likeness (QED) is 0.491. The molecule has 0 bridgehead atoms. The van der Waals surface area contributed by atoms with Crippen molar-refractivity contribution in [2.75, 3.05) is 26.0 Å². The fourth-order valence-electron chi connectivity index (χ4n) is 3.09. The minimum atomic E-state index is -0.195. The third-order valence-corrected chi connectivity index (χ3v) is 4.66. The van der Waals surface area contributed by atoms with Gasteiger partial charge in [0.1, 0.15) is 11.5 Å². The molecule has 0 aliphatic heterocycles. The molecule has 4 rings (SSSR count). The maximum atomic E-state index is 12.7. The van der Waals surface area contributed by atoms with Crippen molar-refractivity contribution in [3.63, 3.8) is 0 Å². The molecule has 0 fully saturated rings. The maximum Gasteiger partial charge on any atom is 0.255 e. The zero-order valence-electron chi connectivity index (χ0n) is 17.1. The topological polar surface area (TPSA) is 59.4 Å². The van der Waals surface area contributed by atoms with Crippen LogP contribution >= 0.6 is 0 Å². The van der Waals surface area contributed by atoms with Crippen LogP contribution in [0.3, 0.4) is 0 Å². The van der Waals surface area contributed by atoms with Gasteiger partial charge in [-0.1, -0.05) is 24.3 Å². The van der Waals surface area contributed by atoms with Gasteiger partial charge in [-0.3, -0.25) is 9.48 Å². The van der Waals surface area contributed by atoms with Gasteiger partial charge in [0.05, 0.1) is 12.1 Å². The van der Waals surface area contributed by atoms with Crippen molar-refractivity contribution in [2.24, 2.45) is 0 Å². The summed E-state index contributed by atoms with van der Waals surface area (Å²) in [7, 11) is 4.08. The van der Waals surface area contributed by atoms with Crippen LogP contribution in [0.5, 0.6) is 11.5 Å². The monoisotopic (exact) mass is 400 g/mol. The third kappa shape index (κ3) is 4.85. The summed E-state index contributed by atoms with van der Waals surface area (Å²) in [5.74, 6) is 1.15. The Labute approximate surface area is 175 Å². The van der Waals surface area contributed by atoms with Crippen molar-refractivity contribution in [2.45, 2.75) is 6.54 Å². The highest BCUT2D eigenvalue weighted by Gasteiger charge is 2.09. The summed E-state index contributed by atoms with van der Waals surface area (Å²) in [5, 5.41) is 8.60. The Morgan fingerprint density at radius 3 is 2.60 bits per heavy atom. The summed E-state index contributed by atoms with van der Waals surface area (Å²) in [6, 6.07) is 22.4. The molecule has 0 spiro atoms. The smallest absolute Gasteiger partial charge is 0.255 e.